The summed E-state index contributed by atoms with van der Waals surface area (Å²) in [6, 6.07) is 11.2. The van der Waals surface area contributed by atoms with Gasteiger partial charge < -0.3 is 18.9 Å². The molecule has 0 radical (unpaired) electrons. The van der Waals surface area contributed by atoms with Gasteiger partial charge in [-0.2, -0.15) is 0 Å². The predicted octanol–water partition coefficient (Wildman–Crippen LogP) is 2.82. The fourth-order valence-corrected chi connectivity index (χ4v) is 2.95. The lowest BCUT2D eigenvalue weighted by Gasteiger charge is -2.16. The lowest BCUT2D eigenvalue weighted by Crippen LogP contribution is -2.15. The van der Waals surface area contributed by atoms with E-state index in [0.29, 0.717) is 56.8 Å². The number of fused-ring (bicyclic) bond motifs is 2. The van der Waals surface area contributed by atoms with Crippen LogP contribution in [0.2, 0.25) is 0 Å². The first-order valence-corrected chi connectivity index (χ1v) is 9.62. The van der Waals surface area contributed by atoms with Crippen LogP contribution in [0.5, 0.6) is 11.5 Å². The smallest absolute Gasteiger partial charge is 0.163 e. The molecule has 0 unspecified atom stereocenters. The molecule has 0 atom stereocenters. The summed E-state index contributed by atoms with van der Waals surface area (Å²) in [5, 5.41) is 0.782. The lowest BCUT2D eigenvalue weighted by molar-refractivity contribution is 0.0224. The van der Waals surface area contributed by atoms with Gasteiger partial charge in [0.25, 0.3) is 0 Å². The molecule has 30 heavy (non-hydrogen) atoms. The molecule has 4 rings (SSSR count). The van der Waals surface area contributed by atoms with Crippen molar-refractivity contribution in [2.75, 3.05) is 39.6 Å². The first-order valence-electron chi connectivity index (χ1n) is 9.62. The van der Waals surface area contributed by atoms with E-state index < -0.39 is 0 Å². The van der Waals surface area contributed by atoms with E-state index in [-0.39, 0.29) is 0 Å². The standard InChI is InChI=1S/C24H20N2O4/c1-2-18-4-3-5-19(14-18)6-7-21-20-15-23-24(16-22(20)26-17-25-21)30-13-11-28-9-8-27-10-12-29-23/h1,3-5,14-17H,8-13H2. The van der Waals surface area contributed by atoms with Gasteiger partial charge in [-0.1, -0.05) is 17.9 Å². The summed E-state index contributed by atoms with van der Waals surface area (Å²) in [5.41, 5.74) is 2.92. The molecule has 6 nitrogen and oxygen atoms in total. The minimum atomic E-state index is 0.398. The third-order valence-corrected chi connectivity index (χ3v) is 4.40. The van der Waals surface area contributed by atoms with Crippen molar-refractivity contribution in [3.8, 4) is 35.7 Å². The normalized spacial score (nSPS) is 14.5. The maximum absolute atomic E-state index is 5.90. The van der Waals surface area contributed by atoms with Crippen molar-refractivity contribution in [1.29, 1.82) is 0 Å². The topological polar surface area (TPSA) is 62.7 Å². The van der Waals surface area contributed by atoms with Gasteiger partial charge in [0.05, 0.1) is 31.9 Å². The highest BCUT2D eigenvalue weighted by Gasteiger charge is 2.12. The molecule has 3 aromatic rings. The number of hydrogen-bond donors (Lipinski definition) is 0. The van der Waals surface area contributed by atoms with Crippen LogP contribution in [0, 0.1) is 24.2 Å². The Morgan fingerprint density at radius 2 is 1.47 bits per heavy atom. The van der Waals surface area contributed by atoms with E-state index in [0.717, 1.165) is 22.0 Å². The first kappa shape index (κ1) is 19.7. The Balaban J connectivity index is 1.69. The molecule has 0 spiro atoms. The van der Waals surface area contributed by atoms with Gasteiger partial charge in [0.2, 0.25) is 0 Å². The third kappa shape index (κ3) is 4.87. The summed E-state index contributed by atoms with van der Waals surface area (Å²) in [5.74, 6) is 10.1. The molecular weight excluding hydrogens is 380 g/mol. The van der Waals surface area contributed by atoms with Crippen LogP contribution in [-0.2, 0) is 9.47 Å². The third-order valence-electron chi connectivity index (χ3n) is 4.40. The van der Waals surface area contributed by atoms with Crippen LogP contribution >= 0.6 is 0 Å². The van der Waals surface area contributed by atoms with E-state index in [1.54, 1.807) is 0 Å². The van der Waals surface area contributed by atoms with Crippen LogP contribution < -0.4 is 9.47 Å². The van der Waals surface area contributed by atoms with Gasteiger partial charge in [0.1, 0.15) is 25.2 Å². The van der Waals surface area contributed by atoms with Gasteiger partial charge in [-0.15, -0.1) is 6.42 Å². The Bertz CT molecular complexity index is 1140. The zero-order valence-electron chi connectivity index (χ0n) is 16.4. The highest BCUT2D eigenvalue weighted by molar-refractivity contribution is 5.86. The average Bonchev–Trinajstić information content (AvgIpc) is 2.77. The molecule has 6 heteroatoms. The summed E-state index contributed by atoms with van der Waals surface area (Å²) in [4.78, 5) is 8.72. The van der Waals surface area contributed by atoms with Gasteiger partial charge >= 0.3 is 0 Å². The van der Waals surface area contributed by atoms with E-state index in [1.165, 1.54) is 6.33 Å². The molecule has 0 aliphatic carbocycles. The highest BCUT2D eigenvalue weighted by atomic mass is 16.6. The van der Waals surface area contributed by atoms with Gasteiger partial charge in [-0.25, -0.2) is 9.97 Å². The Morgan fingerprint density at radius 3 is 2.23 bits per heavy atom. The largest absolute Gasteiger partial charge is 0.487 e. The molecule has 1 aromatic heterocycles. The van der Waals surface area contributed by atoms with Crippen molar-refractivity contribution >= 4 is 10.9 Å². The zero-order chi connectivity index (χ0) is 20.6. The zero-order valence-corrected chi connectivity index (χ0v) is 16.4. The summed E-state index contributed by atoms with van der Waals surface area (Å²) in [7, 11) is 0. The van der Waals surface area contributed by atoms with Crippen molar-refractivity contribution in [1.82, 2.24) is 9.97 Å². The minimum Gasteiger partial charge on any atom is -0.487 e. The van der Waals surface area contributed by atoms with Gasteiger partial charge in [0.15, 0.2) is 11.5 Å². The average molecular weight is 400 g/mol. The number of ether oxygens (including phenoxy) is 4. The molecular formula is C24H20N2O4. The van der Waals surface area contributed by atoms with E-state index in [1.807, 2.05) is 36.4 Å². The second-order valence-electron chi connectivity index (χ2n) is 6.44. The van der Waals surface area contributed by atoms with Crippen LogP contribution in [0.4, 0.5) is 0 Å². The quantitative estimate of drug-likeness (QED) is 0.541. The molecule has 0 bridgehead atoms. The number of benzene rings is 2. The number of terminal acetylenes is 1. The fourth-order valence-electron chi connectivity index (χ4n) is 2.95. The van der Waals surface area contributed by atoms with Crippen molar-refractivity contribution in [2.24, 2.45) is 0 Å². The molecule has 0 fully saturated rings. The van der Waals surface area contributed by atoms with Crippen LogP contribution in [0.15, 0.2) is 42.7 Å². The van der Waals surface area contributed by atoms with Crippen molar-refractivity contribution in [3.63, 3.8) is 0 Å². The number of hydrogen-bond acceptors (Lipinski definition) is 6. The fraction of sp³-hybridized carbons (Fsp3) is 0.250. The van der Waals surface area contributed by atoms with Gasteiger partial charge in [0, 0.05) is 22.6 Å². The molecule has 0 saturated heterocycles. The van der Waals surface area contributed by atoms with E-state index in [4.69, 9.17) is 25.4 Å². The second kappa shape index (κ2) is 9.76. The summed E-state index contributed by atoms with van der Waals surface area (Å²) >= 11 is 0. The van der Waals surface area contributed by atoms with Crippen molar-refractivity contribution in [2.45, 2.75) is 0 Å². The minimum absolute atomic E-state index is 0.398. The Kier molecular flexibility index (Phi) is 6.41. The monoisotopic (exact) mass is 400 g/mol. The summed E-state index contributed by atoms with van der Waals surface area (Å²) in [6.07, 6.45) is 6.96. The Labute approximate surface area is 175 Å². The second-order valence-corrected chi connectivity index (χ2v) is 6.44. The SMILES string of the molecule is C#Cc1cccc(C#Cc2ncnc3cc4c(cc23)OCCOCCOCCO4)c1. The van der Waals surface area contributed by atoms with Gasteiger partial charge in [-0.05, 0) is 30.2 Å². The maximum atomic E-state index is 5.90. The van der Waals surface area contributed by atoms with E-state index >= 15 is 0 Å². The van der Waals surface area contributed by atoms with Crippen LogP contribution in [0.3, 0.4) is 0 Å². The maximum Gasteiger partial charge on any atom is 0.163 e. The van der Waals surface area contributed by atoms with Crippen molar-refractivity contribution < 1.29 is 18.9 Å². The summed E-state index contributed by atoms with van der Waals surface area (Å²) < 4.78 is 22.7. The van der Waals surface area contributed by atoms with Gasteiger partial charge in [-0.3, -0.25) is 0 Å². The molecule has 0 N–H and O–H groups in total. The predicted molar refractivity (Wildman–Crippen MR) is 113 cm³/mol. The molecule has 2 heterocycles. The Hall–Kier alpha value is -3.58. The number of aromatic nitrogens is 2. The van der Waals surface area contributed by atoms with Crippen LogP contribution in [0.25, 0.3) is 10.9 Å². The lowest BCUT2D eigenvalue weighted by atomic mass is 10.1. The van der Waals surface area contributed by atoms with Crippen LogP contribution in [0.1, 0.15) is 16.8 Å². The highest BCUT2D eigenvalue weighted by Crippen LogP contribution is 2.32. The molecule has 0 amide bonds. The number of rotatable bonds is 0. The number of nitrogens with zero attached hydrogens (tertiary/aromatic N) is 2. The molecule has 2 aromatic carbocycles. The molecule has 150 valence electrons. The van der Waals surface area contributed by atoms with E-state index in [9.17, 15) is 0 Å². The molecule has 1 aliphatic heterocycles. The first-order chi connectivity index (χ1) is 14.8. The van der Waals surface area contributed by atoms with E-state index in [2.05, 4.69) is 27.7 Å². The molecule has 0 saturated carbocycles. The summed E-state index contributed by atoms with van der Waals surface area (Å²) in [6.45, 7) is 2.80. The molecule has 1 aliphatic rings. The van der Waals surface area contributed by atoms with Crippen LogP contribution in [-0.4, -0.2) is 49.6 Å². The Morgan fingerprint density at radius 1 is 0.767 bits per heavy atom. The van der Waals surface area contributed by atoms with Crippen molar-refractivity contribution in [3.05, 3.63) is 59.5 Å².